The zero-order valence-electron chi connectivity index (χ0n) is 18.0. The topological polar surface area (TPSA) is 129 Å². The van der Waals surface area contributed by atoms with E-state index in [1.54, 1.807) is 13.1 Å². The number of aromatic nitrogens is 5. The minimum atomic E-state index is -1.26. The number of nitrogens with zero attached hydrogens (tertiary/aromatic N) is 5. The van der Waals surface area contributed by atoms with Gasteiger partial charge in [0.25, 0.3) is 5.56 Å². The van der Waals surface area contributed by atoms with Gasteiger partial charge < -0.3 is 5.11 Å². The SMILES string of the molecule is CC(C)c1c(-c2cnn(C(C)(CC(C)(C)C)C(=O)O)c2)nc2c(C#N)c[nH]n2c1=O. The molecule has 3 rings (SSSR count). The van der Waals surface area contributed by atoms with Gasteiger partial charge in [-0.05, 0) is 24.7 Å². The van der Waals surface area contributed by atoms with Gasteiger partial charge in [0.05, 0.1) is 11.9 Å². The summed E-state index contributed by atoms with van der Waals surface area (Å²) in [4.78, 5) is 29.8. The molecule has 9 nitrogen and oxygen atoms in total. The van der Waals surface area contributed by atoms with Crippen LogP contribution in [0.4, 0.5) is 0 Å². The molecule has 3 aromatic rings. The fourth-order valence-corrected chi connectivity index (χ4v) is 3.85. The van der Waals surface area contributed by atoms with Crippen LogP contribution in [-0.4, -0.2) is 35.5 Å². The fourth-order valence-electron chi connectivity index (χ4n) is 3.85. The number of aromatic amines is 1. The monoisotopic (exact) mass is 410 g/mol. The maximum Gasteiger partial charge on any atom is 0.331 e. The Kier molecular flexibility index (Phi) is 5.06. The zero-order valence-corrected chi connectivity index (χ0v) is 18.0. The molecule has 0 aliphatic carbocycles. The lowest BCUT2D eigenvalue weighted by molar-refractivity contribution is -0.149. The standard InChI is InChI=1S/C21H26N6O3/c1-12(2)15-16(25-17-13(7-22)8-24-27(17)18(15)28)14-9-23-26(10-14)21(6,19(29)30)11-20(3,4)5/h8-10,12,24H,11H2,1-6H3,(H,29,30). The van der Waals surface area contributed by atoms with Gasteiger partial charge in [-0.25, -0.2) is 14.3 Å². The normalized spacial score (nSPS) is 14.1. The Balaban J connectivity index is 2.24. The van der Waals surface area contributed by atoms with Gasteiger partial charge in [-0.1, -0.05) is 34.6 Å². The number of carboxylic acids is 1. The molecule has 3 aromatic heterocycles. The third-order valence-electron chi connectivity index (χ3n) is 5.09. The number of aliphatic carboxylic acids is 1. The summed E-state index contributed by atoms with van der Waals surface area (Å²) in [6.45, 7) is 11.3. The lowest BCUT2D eigenvalue weighted by atomic mass is 9.81. The van der Waals surface area contributed by atoms with Crippen molar-refractivity contribution in [3.05, 3.63) is 40.1 Å². The first-order chi connectivity index (χ1) is 13.9. The van der Waals surface area contributed by atoms with Crippen molar-refractivity contribution in [2.24, 2.45) is 5.41 Å². The second-order valence-corrected chi connectivity index (χ2v) is 9.28. The highest BCUT2D eigenvalue weighted by Gasteiger charge is 2.40. The summed E-state index contributed by atoms with van der Waals surface area (Å²) in [7, 11) is 0. The molecule has 0 saturated carbocycles. The van der Waals surface area contributed by atoms with E-state index in [9.17, 15) is 20.0 Å². The molecule has 0 amide bonds. The molecule has 30 heavy (non-hydrogen) atoms. The molecule has 158 valence electrons. The van der Waals surface area contributed by atoms with Crippen LogP contribution < -0.4 is 5.56 Å². The van der Waals surface area contributed by atoms with E-state index in [2.05, 4.69) is 15.2 Å². The molecule has 0 aromatic carbocycles. The van der Waals surface area contributed by atoms with Gasteiger partial charge in [-0.2, -0.15) is 10.4 Å². The van der Waals surface area contributed by atoms with Crippen LogP contribution in [0, 0.1) is 16.7 Å². The highest BCUT2D eigenvalue weighted by atomic mass is 16.4. The van der Waals surface area contributed by atoms with Crippen LogP contribution in [0.5, 0.6) is 0 Å². The molecule has 9 heteroatoms. The van der Waals surface area contributed by atoms with E-state index in [4.69, 9.17) is 0 Å². The second-order valence-electron chi connectivity index (χ2n) is 9.28. The maximum absolute atomic E-state index is 13.1. The van der Waals surface area contributed by atoms with Gasteiger partial charge in [-0.3, -0.25) is 14.6 Å². The van der Waals surface area contributed by atoms with Crippen LogP contribution in [-0.2, 0) is 10.3 Å². The van der Waals surface area contributed by atoms with Crippen molar-refractivity contribution in [2.45, 2.75) is 59.4 Å². The van der Waals surface area contributed by atoms with Crippen LogP contribution in [0.1, 0.15) is 65.0 Å². The number of carboxylic acid groups (broad SMARTS) is 1. The third-order valence-corrected chi connectivity index (χ3v) is 5.09. The predicted molar refractivity (Wildman–Crippen MR) is 111 cm³/mol. The van der Waals surface area contributed by atoms with Crippen molar-refractivity contribution in [3.8, 4) is 17.3 Å². The smallest absolute Gasteiger partial charge is 0.331 e. The van der Waals surface area contributed by atoms with Gasteiger partial charge in [0.1, 0.15) is 11.6 Å². The molecule has 0 aliphatic rings. The third kappa shape index (κ3) is 3.49. The van der Waals surface area contributed by atoms with Crippen molar-refractivity contribution in [1.29, 1.82) is 5.26 Å². The Bertz CT molecular complexity index is 1220. The number of nitrogens with one attached hydrogen (secondary N) is 1. The Labute approximate surface area is 174 Å². The molecule has 0 bridgehead atoms. The van der Waals surface area contributed by atoms with Gasteiger partial charge >= 0.3 is 5.97 Å². The molecule has 0 saturated heterocycles. The maximum atomic E-state index is 13.1. The lowest BCUT2D eigenvalue weighted by Gasteiger charge is -2.32. The molecule has 0 aliphatic heterocycles. The molecule has 1 unspecified atom stereocenters. The number of hydrogen-bond acceptors (Lipinski definition) is 5. The summed E-state index contributed by atoms with van der Waals surface area (Å²) in [5, 5.41) is 26.4. The zero-order chi connectivity index (χ0) is 22.4. The number of carbonyl (C=O) groups is 1. The number of H-pyrrole nitrogens is 1. The van der Waals surface area contributed by atoms with E-state index < -0.39 is 11.5 Å². The summed E-state index contributed by atoms with van der Waals surface area (Å²) in [5.74, 6) is -1.13. The Morgan fingerprint density at radius 3 is 2.53 bits per heavy atom. The average molecular weight is 410 g/mol. The number of nitriles is 1. The van der Waals surface area contributed by atoms with E-state index in [1.807, 2.05) is 40.7 Å². The van der Waals surface area contributed by atoms with E-state index >= 15 is 0 Å². The van der Waals surface area contributed by atoms with Crippen molar-refractivity contribution in [2.75, 3.05) is 0 Å². The molecule has 0 fully saturated rings. The first-order valence-electron chi connectivity index (χ1n) is 9.72. The average Bonchev–Trinajstić information content (AvgIpc) is 3.26. The van der Waals surface area contributed by atoms with E-state index in [-0.39, 0.29) is 28.1 Å². The van der Waals surface area contributed by atoms with Crippen LogP contribution >= 0.6 is 0 Å². The minimum Gasteiger partial charge on any atom is -0.479 e. The van der Waals surface area contributed by atoms with Gasteiger partial charge in [0.15, 0.2) is 11.2 Å². The van der Waals surface area contributed by atoms with E-state index in [1.165, 1.54) is 21.6 Å². The molecular weight excluding hydrogens is 384 g/mol. The highest BCUT2D eigenvalue weighted by molar-refractivity contribution is 5.76. The molecule has 3 heterocycles. The summed E-state index contributed by atoms with van der Waals surface area (Å²) >= 11 is 0. The van der Waals surface area contributed by atoms with Crippen molar-refractivity contribution >= 4 is 11.6 Å². The molecule has 1 atom stereocenters. The van der Waals surface area contributed by atoms with Crippen molar-refractivity contribution in [1.82, 2.24) is 24.4 Å². The molecule has 0 spiro atoms. The summed E-state index contributed by atoms with van der Waals surface area (Å²) in [6.07, 6.45) is 4.93. The number of hydrogen-bond donors (Lipinski definition) is 2. The molecule has 0 radical (unpaired) electrons. The Hall–Kier alpha value is -3.41. The second kappa shape index (κ2) is 7.13. The quantitative estimate of drug-likeness (QED) is 0.665. The number of fused-ring (bicyclic) bond motifs is 1. The van der Waals surface area contributed by atoms with Crippen LogP contribution in [0.25, 0.3) is 16.9 Å². The summed E-state index contributed by atoms with van der Waals surface area (Å²) in [6, 6.07) is 2.02. The Morgan fingerprint density at radius 2 is 2.00 bits per heavy atom. The number of rotatable bonds is 5. The summed E-state index contributed by atoms with van der Waals surface area (Å²) < 4.78 is 2.68. The lowest BCUT2D eigenvalue weighted by Crippen LogP contribution is -2.42. The summed E-state index contributed by atoms with van der Waals surface area (Å²) in [5.41, 5.74) is 0.0707. The molecule has 2 N–H and O–H groups in total. The predicted octanol–water partition coefficient (Wildman–Crippen LogP) is 3.12. The van der Waals surface area contributed by atoms with Crippen molar-refractivity contribution < 1.29 is 9.90 Å². The van der Waals surface area contributed by atoms with Crippen LogP contribution in [0.15, 0.2) is 23.4 Å². The first kappa shape index (κ1) is 21.3. The van der Waals surface area contributed by atoms with Gasteiger partial charge in [0.2, 0.25) is 0 Å². The van der Waals surface area contributed by atoms with E-state index in [0.717, 1.165) is 0 Å². The van der Waals surface area contributed by atoms with Crippen LogP contribution in [0.2, 0.25) is 0 Å². The van der Waals surface area contributed by atoms with E-state index in [0.29, 0.717) is 23.2 Å². The highest BCUT2D eigenvalue weighted by Crippen LogP contribution is 2.34. The fraction of sp³-hybridized carbons (Fsp3) is 0.476. The molecular formula is C21H26N6O3. The van der Waals surface area contributed by atoms with Gasteiger partial charge in [-0.15, -0.1) is 0 Å². The largest absolute Gasteiger partial charge is 0.479 e. The minimum absolute atomic E-state index is 0.144. The van der Waals surface area contributed by atoms with Crippen molar-refractivity contribution in [3.63, 3.8) is 0 Å². The Morgan fingerprint density at radius 1 is 1.33 bits per heavy atom. The van der Waals surface area contributed by atoms with Crippen LogP contribution in [0.3, 0.4) is 0 Å². The first-order valence-corrected chi connectivity index (χ1v) is 9.72. The van der Waals surface area contributed by atoms with Gasteiger partial charge in [0, 0.05) is 23.5 Å².